The molecule has 2 aliphatic heterocycles. The van der Waals surface area contributed by atoms with Crippen molar-refractivity contribution in [2.24, 2.45) is 17.3 Å². The number of nitriles is 1. The molecule has 0 amide bonds. The first-order valence-electron chi connectivity index (χ1n) is 17.5. The van der Waals surface area contributed by atoms with E-state index in [9.17, 15) is 5.26 Å². The third-order valence-electron chi connectivity index (χ3n) is 12.1. The molecule has 1 aromatic rings. The van der Waals surface area contributed by atoms with Crippen LogP contribution in [-0.2, 0) is 33.6 Å². The molecule has 2 heterocycles. The van der Waals surface area contributed by atoms with Crippen LogP contribution >= 0.6 is 0 Å². The van der Waals surface area contributed by atoms with E-state index in [1.807, 2.05) is 6.92 Å². The third kappa shape index (κ3) is 5.18. The fraction of sp³-hybridized carbons (Fsp3) is 0.750. The average Bonchev–Trinajstić information content (AvgIpc) is 3.70. The van der Waals surface area contributed by atoms with Gasteiger partial charge in [0.25, 0.3) is 0 Å². The molecule has 0 radical (unpaired) electrons. The Morgan fingerprint density at radius 3 is 2.20 bits per heavy atom. The highest BCUT2D eigenvalue weighted by Gasteiger charge is 2.67. The summed E-state index contributed by atoms with van der Waals surface area (Å²) in [5.74, 6) is -0.214. The van der Waals surface area contributed by atoms with Crippen LogP contribution in [0.15, 0.2) is 35.4 Å². The topological polar surface area (TPSA) is 79.2 Å². The van der Waals surface area contributed by atoms with E-state index in [1.54, 1.807) is 5.57 Å². The lowest BCUT2D eigenvalue weighted by Crippen LogP contribution is -2.58. The van der Waals surface area contributed by atoms with Gasteiger partial charge in [-0.3, -0.25) is 0 Å². The van der Waals surface area contributed by atoms with E-state index in [0.29, 0.717) is 38.3 Å². The van der Waals surface area contributed by atoms with Gasteiger partial charge in [-0.25, -0.2) is 0 Å². The van der Waals surface area contributed by atoms with Gasteiger partial charge in [0.2, 0.25) is 0 Å². The summed E-state index contributed by atoms with van der Waals surface area (Å²) in [6.07, 6.45) is 7.44. The zero-order valence-corrected chi connectivity index (χ0v) is 30.7. The van der Waals surface area contributed by atoms with Gasteiger partial charge < -0.3 is 27.8 Å². The number of benzene rings is 1. The first kappa shape index (κ1) is 32.2. The van der Waals surface area contributed by atoms with Gasteiger partial charge in [-0.1, -0.05) is 36.8 Å². The van der Waals surface area contributed by atoms with Crippen LogP contribution in [0.3, 0.4) is 0 Å². The molecular weight excluding hydrogens is 599 g/mol. The van der Waals surface area contributed by atoms with Crippen molar-refractivity contribution in [1.82, 2.24) is 0 Å². The summed E-state index contributed by atoms with van der Waals surface area (Å²) in [7, 11) is -3.39. The maximum Gasteiger partial charge on any atom is 0.192 e. The molecule has 1 aromatic carbocycles. The molecule has 0 aromatic heterocycles. The molecule has 6 atom stereocenters. The number of nitrogens with zero attached hydrogens (tertiary/aromatic N) is 1. The summed E-state index contributed by atoms with van der Waals surface area (Å²) < 4.78 is 38.9. The fourth-order valence-electron chi connectivity index (χ4n) is 10.5. The fourth-order valence-corrected chi connectivity index (χ4v) is 13.2. The number of fused-ring (bicyclic) bond motifs is 4. The SMILES string of the molecule is C[SiH](C)O[C@@]12CC[C@@H]3C(=C1CCC1(C2)OCCO1)[C@@H](c1ccc(C2(C)OCCO2)cc1)C[C@@]1(C)[C@H]3CC[C@@]1(C#N)O[Si](C)(C)C. The molecule has 6 aliphatic rings. The van der Waals surface area contributed by atoms with Crippen LogP contribution in [0.2, 0.25) is 32.7 Å². The van der Waals surface area contributed by atoms with Crippen LogP contribution in [0.25, 0.3) is 0 Å². The van der Waals surface area contributed by atoms with Crippen molar-refractivity contribution in [1.29, 1.82) is 5.26 Å². The quantitative estimate of drug-likeness (QED) is 0.236. The van der Waals surface area contributed by atoms with Crippen LogP contribution in [0, 0.1) is 28.6 Å². The molecule has 45 heavy (non-hydrogen) atoms. The van der Waals surface area contributed by atoms with Crippen LogP contribution in [0.5, 0.6) is 0 Å². The van der Waals surface area contributed by atoms with Crippen molar-refractivity contribution >= 4 is 17.4 Å². The van der Waals surface area contributed by atoms with Crippen molar-refractivity contribution in [2.75, 3.05) is 26.4 Å². The van der Waals surface area contributed by atoms with Gasteiger partial charge in [0.05, 0.1) is 38.1 Å². The molecule has 4 aliphatic carbocycles. The Labute approximate surface area is 272 Å². The van der Waals surface area contributed by atoms with E-state index in [0.717, 1.165) is 56.9 Å². The van der Waals surface area contributed by atoms with Crippen molar-refractivity contribution in [3.8, 4) is 6.07 Å². The first-order valence-corrected chi connectivity index (χ1v) is 23.6. The van der Waals surface area contributed by atoms with Gasteiger partial charge in [-0.2, -0.15) is 5.26 Å². The van der Waals surface area contributed by atoms with Crippen molar-refractivity contribution in [2.45, 2.75) is 127 Å². The predicted octanol–water partition coefficient (Wildman–Crippen LogP) is 7.30. The lowest BCUT2D eigenvalue weighted by atomic mass is 9.49. The predicted molar refractivity (Wildman–Crippen MR) is 178 cm³/mol. The van der Waals surface area contributed by atoms with Gasteiger partial charge in [0, 0.05) is 29.7 Å². The van der Waals surface area contributed by atoms with E-state index in [2.05, 4.69) is 70.0 Å². The third-order valence-corrected chi connectivity index (χ3v) is 14.0. The lowest BCUT2D eigenvalue weighted by molar-refractivity contribution is -0.204. The Kier molecular flexibility index (Phi) is 7.94. The maximum atomic E-state index is 10.9. The molecule has 0 bridgehead atoms. The van der Waals surface area contributed by atoms with E-state index in [-0.39, 0.29) is 16.9 Å². The Hall–Kier alpha value is -1.36. The number of hydrogen-bond donors (Lipinski definition) is 0. The smallest absolute Gasteiger partial charge is 0.192 e. The zero-order chi connectivity index (χ0) is 31.9. The number of hydrogen-bond acceptors (Lipinski definition) is 7. The molecule has 9 heteroatoms. The van der Waals surface area contributed by atoms with Crippen LogP contribution < -0.4 is 0 Å². The standard InChI is InChI=1S/C36H53NO6Si2/c1-32-22-28(25-8-10-26(11-9-25)33(2)38-18-19-39-33)31-27(29(32)13-16-35(32,24-37)43-45(5,6)7)12-15-34(42-44(3)4)23-36(17-14-30(31)34)40-20-21-41-36/h8-11,27-29,44H,12-23H2,1-7H3/t27-,28+,29-,32-,34+,35-/m0/s1. The molecular formula is C36H53NO6Si2. The molecule has 246 valence electrons. The van der Waals surface area contributed by atoms with Gasteiger partial charge >= 0.3 is 0 Å². The molecule has 0 N–H and O–H groups in total. The molecule has 7 nitrogen and oxygen atoms in total. The normalized spacial score (nSPS) is 38.7. The second-order valence-corrected chi connectivity index (χ2v) is 23.0. The summed E-state index contributed by atoms with van der Waals surface area (Å²) in [4.78, 5) is 0. The highest BCUT2D eigenvalue weighted by Crippen LogP contribution is 2.69. The number of allylic oxidation sites excluding steroid dienone is 1. The second-order valence-electron chi connectivity index (χ2n) is 16.3. The minimum absolute atomic E-state index is 0.186. The summed E-state index contributed by atoms with van der Waals surface area (Å²) in [6.45, 7) is 18.3. The first-order chi connectivity index (χ1) is 21.3. The second kappa shape index (κ2) is 11.1. The monoisotopic (exact) mass is 651 g/mol. The summed E-state index contributed by atoms with van der Waals surface area (Å²) >= 11 is 0. The zero-order valence-electron chi connectivity index (χ0n) is 28.5. The number of ether oxygens (including phenoxy) is 4. The van der Waals surface area contributed by atoms with Crippen molar-refractivity contribution in [3.63, 3.8) is 0 Å². The molecule has 7 rings (SSSR count). The molecule has 5 fully saturated rings. The van der Waals surface area contributed by atoms with Crippen LogP contribution in [-0.4, -0.2) is 60.8 Å². The van der Waals surface area contributed by atoms with Gasteiger partial charge in [0.15, 0.2) is 28.9 Å². The van der Waals surface area contributed by atoms with E-state index < -0.39 is 34.5 Å². The molecule has 2 saturated heterocycles. The van der Waals surface area contributed by atoms with Crippen LogP contribution in [0.4, 0.5) is 0 Å². The van der Waals surface area contributed by atoms with Gasteiger partial charge in [-0.15, -0.1) is 0 Å². The van der Waals surface area contributed by atoms with Crippen LogP contribution in [0.1, 0.15) is 82.3 Å². The Bertz CT molecular complexity index is 1370. The summed E-state index contributed by atoms with van der Waals surface area (Å²) in [5.41, 5.74) is 4.15. The minimum Gasteiger partial charge on any atom is -0.411 e. The number of rotatable bonds is 6. The molecule has 3 saturated carbocycles. The maximum absolute atomic E-state index is 10.9. The lowest BCUT2D eigenvalue weighted by Gasteiger charge is -2.59. The van der Waals surface area contributed by atoms with E-state index in [1.165, 1.54) is 11.1 Å². The largest absolute Gasteiger partial charge is 0.411 e. The van der Waals surface area contributed by atoms with Gasteiger partial charge in [0.1, 0.15) is 5.60 Å². The molecule has 0 unspecified atom stereocenters. The summed E-state index contributed by atoms with van der Waals surface area (Å²) in [5, 5.41) is 10.9. The summed E-state index contributed by atoms with van der Waals surface area (Å²) in [6, 6.07) is 11.8. The molecule has 1 spiro atoms. The van der Waals surface area contributed by atoms with E-state index >= 15 is 0 Å². The average molecular weight is 652 g/mol. The highest BCUT2D eigenvalue weighted by atomic mass is 28.4. The Balaban J connectivity index is 1.37. The van der Waals surface area contributed by atoms with Gasteiger partial charge in [-0.05, 0) is 101 Å². The van der Waals surface area contributed by atoms with Crippen molar-refractivity contribution in [3.05, 3.63) is 46.5 Å². The highest BCUT2D eigenvalue weighted by molar-refractivity contribution is 6.69. The Morgan fingerprint density at radius 1 is 0.911 bits per heavy atom. The van der Waals surface area contributed by atoms with Crippen molar-refractivity contribution < 1.29 is 27.8 Å². The minimum atomic E-state index is -2.00. The van der Waals surface area contributed by atoms with E-state index in [4.69, 9.17) is 27.8 Å². The Morgan fingerprint density at radius 2 is 1.58 bits per heavy atom.